The molecule has 0 bridgehead atoms. The molecule has 1 saturated heterocycles. The number of ether oxygens (including phenoxy) is 1. The standard InChI is InChI=1S/C19H36O3/c1-2-3-4-5-6-9-12-17-15-22-16-18(17)13-10-7-8-11-14-19(20)21/h17-18H,2-16H2,1H3,(H,20,21). The fourth-order valence-corrected chi connectivity index (χ4v) is 3.50. The Morgan fingerprint density at radius 1 is 0.864 bits per heavy atom. The average molecular weight is 312 g/mol. The summed E-state index contributed by atoms with van der Waals surface area (Å²) in [5.74, 6) is 0.878. The van der Waals surface area contributed by atoms with Gasteiger partial charge < -0.3 is 9.84 Å². The topological polar surface area (TPSA) is 46.5 Å². The van der Waals surface area contributed by atoms with E-state index in [1.54, 1.807) is 0 Å². The van der Waals surface area contributed by atoms with Crippen LogP contribution >= 0.6 is 0 Å². The van der Waals surface area contributed by atoms with Crippen molar-refractivity contribution in [1.82, 2.24) is 0 Å². The Morgan fingerprint density at radius 3 is 1.91 bits per heavy atom. The Morgan fingerprint density at radius 2 is 1.36 bits per heavy atom. The molecule has 3 nitrogen and oxygen atoms in total. The number of carboxylic acid groups (broad SMARTS) is 1. The second-order valence-electron chi connectivity index (χ2n) is 6.96. The van der Waals surface area contributed by atoms with Gasteiger partial charge in [0.25, 0.3) is 0 Å². The lowest BCUT2D eigenvalue weighted by Gasteiger charge is -2.17. The SMILES string of the molecule is CCCCCCCCC1COCC1CCCCCCC(=O)O. The first kappa shape index (κ1) is 19.5. The Labute approximate surface area is 136 Å². The Hall–Kier alpha value is -0.570. The molecule has 2 atom stereocenters. The van der Waals surface area contributed by atoms with Gasteiger partial charge in [0.2, 0.25) is 0 Å². The molecule has 1 aliphatic rings. The van der Waals surface area contributed by atoms with Crippen molar-refractivity contribution < 1.29 is 14.6 Å². The second kappa shape index (κ2) is 12.9. The molecule has 130 valence electrons. The van der Waals surface area contributed by atoms with Crippen LogP contribution in [0.3, 0.4) is 0 Å². The van der Waals surface area contributed by atoms with Crippen LogP contribution in [0.4, 0.5) is 0 Å². The Bertz CT molecular complexity index is 278. The van der Waals surface area contributed by atoms with Gasteiger partial charge in [0.15, 0.2) is 0 Å². The summed E-state index contributed by atoms with van der Waals surface area (Å²) in [5, 5.41) is 8.61. The Kier molecular flexibility index (Phi) is 11.4. The first-order valence-corrected chi connectivity index (χ1v) is 9.53. The molecule has 1 rings (SSSR count). The molecule has 0 spiro atoms. The largest absolute Gasteiger partial charge is 0.481 e. The van der Waals surface area contributed by atoms with E-state index in [0.717, 1.165) is 37.9 Å². The van der Waals surface area contributed by atoms with Gasteiger partial charge in [0.05, 0.1) is 0 Å². The third-order valence-electron chi connectivity index (χ3n) is 4.97. The Balaban J connectivity index is 1.99. The van der Waals surface area contributed by atoms with Crippen molar-refractivity contribution in [3.63, 3.8) is 0 Å². The highest BCUT2D eigenvalue weighted by Crippen LogP contribution is 2.30. The predicted octanol–water partition coefficient (Wildman–Crippen LogP) is 5.42. The highest BCUT2D eigenvalue weighted by Gasteiger charge is 2.26. The van der Waals surface area contributed by atoms with Crippen molar-refractivity contribution in [2.75, 3.05) is 13.2 Å². The van der Waals surface area contributed by atoms with Gasteiger partial charge in [-0.3, -0.25) is 4.79 Å². The van der Waals surface area contributed by atoms with E-state index < -0.39 is 5.97 Å². The number of carboxylic acids is 1. The normalized spacial score (nSPS) is 21.3. The van der Waals surface area contributed by atoms with E-state index in [2.05, 4.69) is 6.92 Å². The molecule has 1 aliphatic heterocycles. The van der Waals surface area contributed by atoms with Gasteiger partial charge in [-0.25, -0.2) is 0 Å². The molecule has 0 aromatic heterocycles. The van der Waals surface area contributed by atoms with Crippen LogP contribution < -0.4 is 0 Å². The van der Waals surface area contributed by atoms with Gasteiger partial charge in [-0.1, -0.05) is 64.7 Å². The van der Waals surface area contributed by atoms with Crippen LogP contribution in [0.15, 0.2) is 0 Å². The summed E-state index contributed by atoms with van der Waals surface area (Å²) in [6.45, 7) is 4.19. The minimum Gasteiger partial charge on any atom is -0.481 e. The van der Waals surface area contributed by atoms with E-state index in [0.29, 0.717) is 6.42 Å². The lowest BCUT2D eigenvalue weighted by atomic mass is 9.86. The molecule has 0 radical (unpaired) electrons. The van der Waals surface area contributed by atoms with E-state index in [4.69, 9.17) is 9.84 Å². The molecule has 0 amide bonds. The van der Waals surface area contributed by atoms with Crippen LogP contribution in [0.2, 0.25) is 0 Å². The summed E-state index contributed by atoms with van der Waals surface area (Å²) in [6.07, 6.45) is 15.5. The van der Waals surface area contributed by atoms with Crippen LogP contribution in [0.5, 0.6) is 0 Å². The first-order chi connectivity index (χ1) is 10.7. The number of hydrogen-bond donors (Lipinski definition) is 1. The van der Waals surface area contributed by atoms with E-state index in [9.17, 15) is 4.79 Å². The molecule has 1 fully saturated rings. The summed E-state index contributed by atoms with van der Waals surface area (Å²) in [7, 11) is 0. The van der Waals surface area contributed by atoms with Gasteiger partial charge in [-0.05, 0) is 31.1 Å². The fourth-order valence-electron chi connectivity index (χ4n) is 3.50. The molecule has 0 aliphatic carbocycles. The molecule has 2 unspecified atom stereocenters. The molecule has 1 heterocycles. The lowest BCUT2D eigenvalue weighted by Crippen LogP contribution is -2.12. The smallest absolute Gasteiger partial charge is 0.303 e. The molecule has 3 heteroatoms. The minimum atomic E-state index is -0.664. The summed E-state index contributed by atoms with van der Waals surface area (Å²) < 4.78 is 5.70. The van der Waals surface area contributed by atoms with Gasteiger partial charge >= 0.3 is 5.97 Å². The molecule has 0 aromatic carbocycles. The average Bonchev–Trinajstić information content (AvgIpc) is 2.93. The van der Waals surface area contributed by atoms with Gasteiger partial charge in [0, 0.05) is 19.6 Å². The van der Waals surface area contributed by atoms with Crippen molar-refractivity contribution in [3.05, 3.63) is 0 Å². The lowest BCUT2D eigenvalue weighted by molar-refractivity contribution is -0.137. The summed E-state index contributed by atoms with van der Waals surface area (Å²) in [5.41, 5.74) is 0. The maximum Gasteiger partial charge on any atom is 0.303 e. The minimum absolute atomic E-state index is 0.327. The van der Waals surface area contributed by atoms with Gasteiger partial charge in [0.1, 0.15) is 0 Å². The maximum absolute atomic E-state index is 10.5. The van der Waals surface area contributed by atoms with Crippen molar-refractivity contribution in [2.45, 2.75) is 90.4 Å². The molecule has 22 heavy (non-hydrogen) atoms. The summed E-state index contributed by atoms with van der Waals surface area (Å²) in [4.78, 5) is 10.5. The molecule has 0 aromatic rings. The zero-order valence-electron chi connectivity index (χ0n) is 14.5. The first-order valence-electron chi connectivity index (χ1n) is 9.53. The molecule has 1 N–H and O–H groups in total. The van der Waals surface area contributed by atoms with Crippen molar-refractivity contribution in [2.24, 2.45) is 11.8 Å². The van der Waals surface area contributed by atoms with Crippen LogP contribution in [0.25, 0.3) is 0 Å². The van der Waals surface area contributed by atoms with Crippen LogP contribution in [-0.2, 0) is 9.53 Å². The van der Waals surface area contributed by atoms with E-state index in [-0.39, 0.29) is 0 Å². The maximum atomic E-state index is 10.5. The number of hydrogen-bond acceptors (Lipinski definition) is 2. The number of aliphatic carboxylic acids is 1. The quantitative estimate of drug-likeness (QED) is 0.435. The van der Waals surface area contributed by atoms with Crippen molar-refractivity contribution in [1.29, 1.82) is 0 Å². The van der Waals surface area contributed by atoms with Crippen molar-refractivity contribution >= 4 is 5.97 Å². The molecular weight excluding hydrogens is 276 g/mol. The number of rotatable bonds is 14. The summed E-state index contributed by atoms with van der Waals surface area (Å²) in [6, 6.07) is 0. The third-order valence-corrected chi connectivity index (χ3v) is 4.97. The third kappa shape index (κ3) is 9.45. The number of carbonyl (C=O) groups is 1. The summed E-state index contributed by atoms with van der Waals surface area (Å²) >= 11 is 0. The molecular formula is C19H36O3. The highest BCUT2D eigenvalue weighted by atomic mass is 16.5. The van der Waals surface area contributed by atoms with E-state index in [1.807, 2.05) is 0 Å². The van der Waals surface area contributed by atoms with Crippen LogP contribution in [0.1, 0.15) is 90.4 Å². The van der Waals surface area contributed by atoms with E-state index >= 15 is 0 Å². The van der Waals surface area contributed by atoms with Crippen LogP contribution in [0, 0.1) is 11.8 Å². The van der Waals surface area contributed by atoms with Gasteiger partial charge in [-0.15, -0.1) is 0 Å². The second-order valence-corrected chi connectivity index (χ2v) is 6.96. The predicted molar refractivity (Wildman–Crippen MR) is 91.1 cm³/mol. The highest BCUT2D eigenvalue weighted by molar-refractivity contribution is 5.66. The zero-order valence-corrected chi connectivity index (χ0v) is 14.5. The van der Waals surface area contributed by atoms with Gasteiger partial charge in [-0.2, -0.15) is 0 Å². The van der Waals surface area contributed by atoms with Crippen LogP contribution in [-0.4, -0.2) is 24.3 Å². The van der Waals surface area contributed by atoms with Crippen molar-refractivity contribution in [3.8, 4) is 0 Å². The monoisotopic (exact) mass is 312 g/mol. The van der Waals surface area contributed by atoms with E-state index in [1.165, 1.54) is 64.2 Å². The zero-order chi connectivity index (χ0) is 16.0. The fraction of sp³-hybridized carbons (Fsp3) is 0.947. The molecule has 0 saturated carbocycles. The number of unbranched alkanes of at least 4 members (excludes halogenated alkanes) is 8.